The Bertz CT molecular complexity index is 201. The average Bonchev–Trinajstić information content (AvgIpc) is 1.97. The molecule has 0 aliphatic heterocycles. The predicted molar refractivity (Wildman–Crippen MR) is 43.4 cm³/mol. The minimum Gasteiger partial charge on any atom is -0.460 e. The zero-order valence-electron chi connectivity index (χ0n) is 6.92. The molecular formula is C7H12N2O3. The van der Waals surface area contributed by atoms with E-state index in [1.54, 1.807) is 6.92 Å². The Balaban J connectivity index is 3.38. The van der Waals surface area contributed by atoms with Gasteiger partial charge in [0.15, 0.2) is 0 Å². The third-order valence-electron chi connectivity index (χ3n) is 0.983. The van der Waals surface area contributed by atoms with E-state index in [0.29, 0.717) is 5.57 Å². The van der Waals surface area contributed by atoms with Crippen LogP contribution in [0.1, 0.15) is 6.92 Å². The van der Waals surface area contributed by atoms with E-state index < -0.39 is 12.0 Å². The van der Waals surface area contributed by atoms with E-state index in [1.165, 1.54) is 0 Å². The Morgan fingerprint density at radius 1 is 1.58 bits per heavy atom. The molecule has 0 aromatic heterocycles. The minimum absolute atomic E-state index is 0.106. The van der Waals surface area contributed by atoms with Crippen LogP contribution in [-0.2, 0) is 9.53 Å². The van der Waals surface area contributed by atoms with Crippen LogP contribution in [0.2, 0.25) is 0 Å². The van der Waals surface area contributed by atoms with Crippen molar-refractivity contribution in [3.63, 3.8) is 0 Å². The number of carbonyl (C=O) groups is 2. The van der Waals surface area contributed by atoms with Crippen molar-refractivity contribution in [1.29, 1.82) is 0 Å². The number of ether oxygens (including phenoxy) is 1. The summed E-state index contributed by atoms with van der Waals surface area (Å²) in [6.45, 7) is 5.25. The van der Waals surface area contributed by atoms with Gasteiger partial charge < -0.3 is 15.8 Å². The minimum atomic E-state index is -0.638. The fraction of sp³-hybridized carbons (Fsp3) is 0.429. The van der Waals surface area contributed by atoms with Gasteiger partial charge in [-0.15, -0.1) is 0 Å². The van der Waals surface area contributed by atoms with Gasteiger partial charge in [0.1, 0.15) is 6.61 Å². The highest BCUT2D eigenvalue weighted by Gasteiger charge is 2.01. The van der Waals surface area contributed by atoms with Crippen molar-refractivity contribution in [1.82, 2.24) is 5.32 Å². The summed E-state index contributed by atoms with van der Waals surface area (Å²) in [5.41, 5.74) is 5.09. The molecule has 0 heterocycles. The standard InChI is InChI=1S/C7H12N2O3/c1-5(2)6(10)12-4-3-9-7(8)11/h1,3-4H2,2H3,(H3,8,9,11). The lowest BCUT2D eigenvalue weighted by atomic mass is 10.4. The fourth-order valence-corrected chi connectivity index (χ4v) is 0.441. The second kappa shape index (κ2) is 5.17. The molecule has 0 fully saturated rings. The van der Waals surface area contributed by atoms with Gasteiger partial charge in [-0.05, 0) is 6.92 Å². The fourth-order valence-electron chi connectivity index (χ4n) is 0.441. The number of urea groups is 1. The van der Waals surface area contributed by atoms with Crippen LogP contribution in [0.4, 0.5) is 4.79 Å². The highest BCUT2D eigenvalue weighted by Crippen LogP contribution is 1.90. The van der Waals surface area contributed by atoms with Gasteiger partial charge in [0.05, 0.1) is 6.54 Å². The largest absolute Gasteiger partial charge is 0.460 e. The third kappa shape index (κ3) is 5.28. The molecule has 0 radical (unpaired) electrons. The van der Waals surface area contributed by atoms with E-state index in [9.17, 15) is 9.59 Å². The molecule has 0 aromatic carbocycles. The predicted octanol–water partition coefficient (Wildman–Crippen LogP) is -0.226. The van der Waals surface area contributed by atoms with E-state index >= 15 is 0 Å². The highest BCUT2D eigenvalue weighted by molar-refractivity contribution is 5.86. The summed E-state index contributed by atoms with van der Waals surface area (Å²) in [7, 11) is 0. The molecular weight excluding hydrogens is 160 g/mol. The molecule has 0 aromatic rings. The Kier molecular flexibility index (Phi) is 4.52. The Morgan fingerprint density at radius 2 is 2.17 bits per heavy atom. The quantitative estimate of drug-likeness (QED) is 0.349. The molecule has 0 saturated heterocycles. The van der Waals surface area contributed by atoms with Crippen molar-refractivity contribution in [2.75, 3.05) is 13.2 Å². The molecule has 0 aliphatic carbocycles. The molecule has 68 valence electrons. The van der Waals surface area contributed by atoms with Crippen molar-refractivity contribution in [3.05, 3.63) is 12.2 Å². The Labute approximate surface area is 70.6 Å². The zero-order valence-corrected chi connectivity index (χ0v) is 6.92. The van der Waals surface area contributed by atoms with Crippen LogP contribution >= 0.6 is 0 Å². The Hall–Kier alpha value is -1.52. The monoisotopic (exact) mass is 172 g/mol. The van der Waals surface area contributed by atoms with Gasteiger partial charge in [0.2, 0.25) is 0 Å². The first-order valence-corrected chi connectivity index (χ1v) is 3.40. The topological polar surface area (TPSA) is 81.4 Å². The van der Waals surface area contributed by atoms with Crippen molar-refractivity contribution in [2.24, 2.45) is 5.73 Å². The van der Waals surface area contributed by atoms with Crippen molar-refractivity contribution in [3.8, 4) is 0 Å². The molecule has 12 heavy (non-hydrogen) atoms. The van der Waals surface area contributed by atoms with Crippen molar-refractivity contribution < 1.29 is 14.3 Å². The van der Waals surface area contributed by atoms with Gasteiger partial charge in [0, 0.05) is 5.57 Å². The number of primary amides is 1. The van der Waals surface area contributed by atoms with Gasteiger partial charge in [0.25, 0.3) is 0 Å². The summed E-state index contributed by atoms with van der Waals surface area (Å²) in [5, 5.41) is 2.27. The number of hydrogen-bond donors (Lipinski definition) is 2. The van der Waals surface area contributed by atoms with Crippen LogP contribution in [0.3, 0.4) is 0 Å². The van der Waals surface area contributed by atoms with E-state index in [2.05, 4.69) is 16.6 Å². The molecule has 0 rings (SSSR count). The zero-order chi connectivity index (χ0) is 9.56. The first kappa shape index (κ1) is 10.5. The molecule has 0 bridgehead atoms. The number of amides is 2. The summed E-state index contributed by atoms with van der Waals surface area (Å²) in [6, 6.07) is -0.638. The van der Waals surface area contributed by atoms with Gasteiger partial charge in [-0.1, -0.05) is 6.58 Å². The third-order valence-corrected chi connectivity index (χ3v) is 0.983. The van der Waals surface area contributed by atoms with Gasteiger partial charge in [-0.25, -0.2) is 9.59 Å². The molecule has 0 spiro atoms. The number of rotatable bonds is 4. The Morgan fingerprint density at radius 3 is 2.58 bits per heavy atom. The first-order chi connectivity index (χ1) is 5.54. The van der Waals surface area contributed by atoms with E-state index in [-0.39, 0.29) is 13.2 Å². The number of hydrogen-bond acceptors (Lipinski definition) is 3. The number of esters is 1. The van der Waals surface area contributed by atoms with Crippen molar-refractivity contribution >= 4 is 12.0 Å². The maximum Gasteiger partial charge on any atom is 0.333 e. The van der Waals surface area contributed by atoms with Gasteiger partial charge >= 0.3 is 12.0 Å². The molecule has 0 aliphatic rings. The van der Waals surface area contributed by atoms with Crippen LogP contribution in [0.15, 0.2) is 12.2 Å². The molecule has 2 amide bonds. The summed E-state index contributed by atoms with van der Waals surface area (Å²) in [6.07, 6.45) is 0. The first-order valence-electron chi connectivity index (χ1n) is 3.40. The molecule has 0 atom stereocenters. The summed E-state index contributed by atoms with van der Waals surface area (Å²) in [4.78, 5) is 20.9. The van der Waals surface area contributed by atoms with Crippen LogP contribution in [0.5, 0.6) is 0 Å². The number of nitrogens with two attached hydrogens (primary N) is 1. The smallest absolute Gasteiger partial charge is 0.333 e. The van der Waals surface area contributed by atoms with Crippen LogP contribution in [0.25, 0.3) is 0 Å². The second-order valence-electron chi connectivity index (χ2n) is 2.21. The summed E-state index contributed by atoms with van der Waals surface area (Å²) < 4.78 is 4.65. The van der Waals surface area contributed by atoms with E-state index in [4.69, 9.17) is 5.73 Å². The van der Waals surface area contributed by atoms with Gasteiger partial charge in [-0.3, -0.25) is 0 Å². The second-order valence-corrected chi connectivity index (χ2v) is 2.21. The maximum atomic E-state index is 10.7. The molecule has 0 unspecified atom stereocenters. The van der Waals surface area contributed by atoms with Crippen LogP contribution in [-0.4, -0.2) is 25.2 Å². The molecule has 0 saturated carbocycles. The van der Waals surface area contributed by atoms with Crippen LogP contribution in [0, 0.1) is 0 Å². The molecule has 5 nitrogen and oxygen atoms in total. The molecule has 5 heteroatoms. The molecule has 3 N–H and O–H groups in total. The van der Waals surface area contributed by atoms with E-state index in [0.717, 1.165) is 0 Å². The average molecular weight is 172 g/mol. The maximum absolute atomic E-state index is 10.7. The van der Waals surface area contributed by atoms with E-state index in [1.807, 2.05) is 0 Å². The highest BCUT2D eigenvalue weighted by atomic mass is 16.5. The van der Waals surface area contributed by atoms with Gasteiger partial charge in [-0.2, -0.15) is 0 Å². The lowest BCUT2D eigenvalue weighted by Crippen LogP contribution is -2.32. The SMILES string of the molecule is C=C(C)C(=O)OCCNC(N)=O. The number of nitrogens with one attached hydrogen (secondary N) is 1. The van der Waals surface area contributed by atoms with Crippen LogP contribution < -0.4 is 11.1 Å². The number of carbonyl (C=O) groups excluding carboxylic acids is 2. The lowest BCUT2D eigenvalue weighted by molar-refractivity contribution is -0.138. The lowest BCUT2D eigenvalue weighted by Gasteiger charge is -2.03. The normalized spacial score (nSPS) is 8.75. The van der Waals surface area contributed by atoms with Crippen molar-refractivity contribution in [2.45, 2.75) is 6.92 Å². The summed E-state index contributed by atoms with van der Waals surface area (Å²) >= 11 is 0. The summed E-state index contributed by atoms with van der Waals surface area (Å²) in [5.74, 6) is -0.471.